The molecule has 1 fully saturated rings. The number of nitrogens with zero attached hydrogens (tertiary/aromatic N) is 1. The van der Waals surface area contributed by atoms with Crippen LogP contribution in [0.15, 0.2) is 23.2 Å². The predicted molar refractivity (Wildman–Crippen MR) is 84.4 cm³/mol. The van der Waals surface area contributed by atoms with Crippen molar-refractivity contribution in [3.05, 3.63) is 28.8 Å². The summed E-state index contributed by atoms with van der Waals surface area (Å²) in [5.74, 6) is 5.13. The van der Waals surface area contributed by atoms with E-state index in [0.29, 0.717) is 0 Å². The minimum Gasteiger partial charge on any atom is -0.331 e. The van der Waals surface area contributed by atoms with Crippen LogP contribution in [0.1, 0.15) is 18.4 Å². The first-order chi connectivity index (χ1) is 10.3. The van der Waals surface area contributed by atoms with Gasteiger partial charge in [-0.15, -0.1) is 0 Å². The highest BCUT2D eigenvalue weighted by Gasteiger charge is 2.56. The quantitative estimate of drug-likeness (QED) is 0.560. The lowest BCUT2D eigenvalue weighted by Gasteiger charge is -2.28. The van der Waals surface area contributed by atoms with Crippen molar-refractivity contribution in [2.24, 2.45) is 10.9 Å². The van der Waals surface area contributed by atoms with E-state index in [1.807, 2.05) is 0 Å². The summed E-state index contributed by atoms with van der Waals surface area (Å²) in [7, 11) is 0. The van der Waals surface area contributed by atoms with Crippen LogP contribution in [0.25, 0.3) is 0 Å². The number of aliphatic imine (C=N–C) groups is 1. The van der Waals surface area contributed by atoms with Crippen molar-refractivity contribution >= 4 is 40.8 Å². The Morgan fingerprint density at radius 3 is 2.73 bits per heavy atom. The van der Waals surface area contributed by atoms with Gasteiger partial charge >= 0.3 is 6.18 Å². The third kappa shape index (κ3) is 2.71. The molecule has 0 radical (unpaired) electrons. The minimum atomic E-state index is -4.64. The first-order valence-corrected chi connectivity index (χ1v) is 7.36. The van der Waals surface area contributed by atoms with E-state index in [9.17, 15) is 13.2 Å². The Kier molecular flexibility index (Phi) is 3.66. The van der Waals surface area contributed by atoms with E-state index < -0.39 is 11.6 Å². The van der Waals surface area contributed by atoms with Crippen molar-refractivity contribution in [3.8, 4) is 11.8 Å². The van der Waals surface area contributed by atoms with Crippen LogP contribution < -0.4 is 5.32 Å². The number of benzene rings is 1. The van der Waals surface area contributed by atoms with E-state index in [0.717, 1.165) is 19.1 Å². The molecule has 0 spiro atoms. The fourth-order valence-corrected chi connectivity index (χ4v) is 2.50. The zero-order valence-electron chi connectivity index (χ0n) is 11.2. The first kappa shape index (κ1) is 15.3. The molecule has 0 bridgehead atoms. The van der Waals surface area contributed by atoms with Crippen LogP contribution in [-0.4, -0.2) is 17.5 Å². The molecular formula is C15H10ClF3N2S. The number of halogens is 4. The Balaban J connectivity index is 2.27. The predicted octanol–water partition coefficient (Wildman–Crippen LogP) is 4.33. The van der Waals surface area contributed by atoms with Crippen LogP contribution in [0, 0.1) is 17.8 Å². The normalized spacial score (nSPS) is 23.9. The van der Waals surface area contributed by atoms with Gasteiger partial charge in [-0.05, 0) is 43.3 Å². The molecule has 1 atom stereocenters. The number of rotatable bonds is 0. The number of anilines is 1. The monoisotopic (exact) mass is 342 g/mol. The SMILES string of the molecule is FC(F)(F)C1(C#CC2CC2)C=NC(=S)Nc2ccc(Cl)cc21. The highest BCUT2D eigenvalue weighted by atomic mass is 35.5. The highest BCUT2D eigenvalue weighted by molar-refractivity contribution is 7.80. The van der Waals surface area contributed by atoms with Crippen LogP contribution in [-0.2, 0) is 5.41 Å². The fraction of sp³-hybridized carbons (Fsp3) is 0.333. The summed E-state index contributed by atoms with van der Waals surface area (Å²) in [6.07, 6.45) is -2.20. The molecule has 1 saturated carbocycles. The van der Waals surface area contributed by atoms with Gasteiger partial charge in [-0.1, -0.05) is 23.4 Å². The van der Waals surface area contributed by atoms with Gasteiger partial charge in [0.2, 0.25) is 0 Å². The zero-order chi connectivity index (χ0) is 16.0. The summed E-state index contributed by atoms with van der Waals surface area (Å²) in [5.41, 5.74) is -2.37. The van der Waals surface area contributed by atoms with Crippen molar-refractivity contribution in [1.82, 2.24) is 0 Å². The van der Waals surface area contributed by atoms with Crippen LogP contribution in [0.4, 0.5) is 18.9 Å². The second-order valence-electron chi connectivity index (χ2n) is 5.23. The average Bonchev–Trinajstić information content (AvgIpc) is 3.24. The van der Waals surface area contributed by atoms with Crippen molar-refractivity contribution < 1.29 is 13.2 Å². The average molecular weight is 343 g/mol. The molecule has 0 saturated heterocycles. The molecule has 2 aliphatic rings. The molecule has 7 heteroatoms. The van der Waals surface area contributed by atoms with Crippen molar-refractivity contribution in [1.29, 1.82) is 0 Å². The summed E-state index contributed by atoms with van der Waals surface area (Å²) in [6, 6.07) is 4.22. The van der Waals surface area contributed by atoms with Gasteiger partial charge < -0.3 is 5.32 Å². The van der Waals surface area contributed by atoms with E-state index >= 15 is 0 Å². The van der Waals surface area contributed by atoms with Crippen molar-refractivity contribution in [2.75, 3.05) is 5.32 Å². The minimum absolute atomic E-state index is 0.0263. The Labute approximate surface area is 135 Å². The van der Waals surface area contributed by atoms with Gasteiger partial charge in [0.15, 0.2) is 10.5 Å². The Bertz CT molecular complexity index is 729. The molecule has 1 N–H and O–H groups in total. The van der Waals surface area contributed by atoms with Crippen LogP contribution >= 0.6 is 23.8 Å². The maximum atomic E-state index is 13.9. The van der Waals surface area contributed by atoms with Gasteiger partial charge in [0, 0.05) is 28.4 Å². The molecule has 1 heterocycles. The molecule has 1 aliphatic carbocycles. The van der Waals surface area contributed by atoms with Gasteiger partial charge in [-0.25, -0.2) is 4.99 Å². The summed E-state index contributed by atoms with van der Waals surface area (Å²) < 4.78 is 41.6. The fourth-order valence-electron chi connectivity index (χ4n) is 2.16. The number of hydrogen-bond acceptors (Lipinski definition) is 1. The Morgan fingerprint density at radius 1 is 1.36 bits per heavy atom. The first-order valence-electron chi connectivity index (χ1n) is 6.57. The van der Waals surface area contributed by atoms with Gasteiger partial charge in [0.25, 0.3) is 0 Å². The van der Waals surface area contributed by atoms with E-state index in [2.05, 4.69) is 22.2 Å². The smallest absolute Gasteiger partial charge is 0.331 e. The van der Waals surface area contributed by atoms with Gasteiger partial charge in [0.1, 0.15) is 0 Å². The number of hydrogen-bond donors (Lipinski definition) is 1. The topological polar surface area (TPSA) is 24.4 Å². The number of fused-ring (bicyclic) bond motifs is 1. The van der Waals surface area contributed by atoms with Crippen molar-refractivity contribution in [2.45, 2.75) is 24.4 Å². The molecule has 1 aromatic rings. The third-order valence-electron chi connectivity index (χ3n) is 3.52. The van der Waals surface area contributed by atoms with E-state index in [1.54, 1.807) is 0 Å². The molecular weight excluding hydrogens is 333 g/mol. The van der Waals surface area contributed by atoms with E-state index in [4.69, 9.17) is 23.8 Å². The lowest BCUT2D eigenvalue weighted by atomic mass is 9.80. The Morgan fingerprint density at radius 2 is 2.09 bits per heavy atom. The number of alkyl halides is 3. The molecule has 114 valence electrons. The molecule has 1 aromatic carbocycles. The lowest BCUT2D eigenvalue weighted by molar-refractivity contribution is -0.152. The van der Waals surface area contributed by atoms with Gasteiger partial charge in [-0.3, -0.25) is 0 Å². The summed E-state index contributed by atoms with van der Waals surface area (Å²) in [5, 5.41) is 2.85. The highest BCUT2D eigenvalue weighted by Crippen LogP contribution is 2.45. The zero-order valence-corrected chi connectivity index (χ0v) is 12.7. The molecule has 3 rings (SSSR count). The van der Waals surface area contributed by atoms with E-state index in [-0.39, 0.29) is 27.3 Å². The molecule has 22 heavy (non-hydrogen) atoms. The largest absolute Gasteiger partial charge is 0.414 e. The van der Waals surface area contributed by atoms with Gasteiger partial charge in [0.05, 0.1) is 0 Å². The second kappa shape index (κ2) is 5.25. The van der Waals surface area contributed by atoms with Crippen molar-refractivity contribution in [3.63, 3.8) is 0 Å². The lowest BCUT2D eigenvalue weighted by Crippen LogP contribution is -2.42. The summed E-state index contributed by atoms with van der Waals surface area (Å²) >= 11 is 10.8. The third-order valence-corrected chi connectivity index (χ3v) is 3.96. The maximum Gasteiger partial charge on any atom is 0.414 e. The molecule has 0 aromatic heterocycles. The maximum absolute atomic E-state index is 13.9. The van der Waals surface area contributed by atoms with E-state index in [1.165, 1.54) is 18.2 Å². The molecule has 1 unspecified atom stereocenters. The van der Waals surface area contributed by atoms with Crippen LogP contribution in [0.2, 0.25) is 5.02 Å². The second-order valence-corrected chi connectivity index (χ2v) is 6.05. The van der Waals surface area contributed by atoms with Crippen LogP contribution in [0.3, 0.4) is 0 Å². The van der Waals surface area contributed by atoms with Gasteiger partial charge in [-0.2, -0.15) is 13.2 Å². The molecule has 2 nitrogen and oxygen atoms in total. The number of thiocarbonyl (C=S) groups is 1. The molecule has 1 aliphatic heterocycles. The summed E-state index contributed by atoms with van der Waals surface area (Å²) in [4.78, 5) is 3.72. The summed E-state index contributed by atoms with van der Waals surface area (Å²) in [6.45, 7) is 0. The Hall–Kier alpha value is -1.58. The molecule has 0 amide bonds. The number of nitrogens with one attached hydrogen (secondary N) is 1. The van der Waals surface area contributed by atoms with Crippen LogP contribution in [0.5, 0.6) is 0 Å². The standard InChI is InChI=1S/C15H10ClF3N2S/c16-10-3-4-12-11(7-10)14(15(17,18)19,6-5-9-1-2-9)8-20-13(22)21-12/h3-4,7-9H,1-2H2,(H,21,22).